The summed E-state index contributed by atoms with van der Waals surface area (Å²) in [6, 6.07) is 14.0. The molecule has 1 aromatic heterocycles. The average molecular weight is 367 g/mol. The van der Waals surface area contributed by atoms with Crippen molar-refractivity contribution in [2.45, 2.75) is 19.4 Å². The van der Waals surface area contributed by atoms with E-state index in [9.17, 15) is 9.18 Å². The van der Waals surface area contributed by atoms with Crippen molar-refractivity contribution in [3.8, 4) is 5.75 Å². The second kappa shape index (κ2) is 7.88. The summed E-state index contributed by atoms with van der Waals surface area (Å²) < 4.78 is 19.3. The highest BCUT2D eigenvalue weighted by molar-refractivity contribution is 5.73. The van der Waals surface area contributed by atoms with Crippen LogP contribution in [-0.4, -0.2) is 34.6 Å². The van der Waals surface area contributed by atoms with Crippen LogP contribution in [0.2, 0.25) is 0 Å². The van der Waals surface area contributed by atoms with Crippen molar-refractivity contribution in [3.63, 3.8) is 0 Å². The van der Waals surface area contributed by atoms with Crippen LogP contribution in [0, 0.1) is 11.7 Å². The van der Waals surface area contributed by atoms with Crippen molar-refractivity contribution in [2.24, 2.45) is 5.92 Å². The van der Waals surface area contributed by atoms with E-state index in [0.29, 0.717) is 30.5 Å². The summed E-state index contributed by atoms with van der Waals surface area (Å²) in [4.78, 5) is 21.9. The largest absolute Gasteiger partial charge is 0.490 e. The smallest absolute Gasteiger partial charge is 0.271 e. The fourth-order valence-electron chi connectivity index (χ4n) is 3.47. The average Bonchev–Trinajstić information content (AvgIpc) is 2.69. The van der Waals surface area contributed by atoms with Crippen LogP contribution in [0.15, 0.2) is 53.3 Å². The Balaban J connectivity index is 1.32. The van der Waals surface area contributed by atoms with Crippen LogP contribution in [0.25, 0.3) is 11.0 Å². The van der Waals surface area contributed by atoms with E-state index in [4.69, 9.17) is 4.74 Å². The summed E-state index contributed by atoms with van der Waals surface area (Å²) in [5.74, 6) is 0.382. The van der Waals surface area contributed by atoms with E-state index < -0.39 is 0 Å². The molecule has 4 rings (SSSR count). The molecule has 0 radical (unpaired) electrons. The highest BCUT2D eigenvalue weighted by Crippen LogP contribution is 2.22. The van der Waals surface area contributed by atoms with E-state index in [1.807, 2.05) is 24.3 Å². The maximum absolute atomic E-state index is 13.6. The van der Waals surface area contributed by atoms with Gasteiger partial charge in [0.05, 0.1) is 17.6 Å². The lowest BCUT2D eigenvalue weighted by Gasteiger charge is -2.31. The number of hydrogen-bond donors (Lipinski definition) is 1. The molecule has 0 aliphatic carbocycles. The quantitative estimate of drug-likeness (QED) is 0.751. The van der Waals surface area contributed by atoms with Crippen LogP contribution < -0.4 is 10.3 Å². The lowest BCUT2D eigenvalue weighted by molar-refractivity contribution is 0.133. The Labute approximate surface area is 156 Å². The van der Waals surface area contributed by atoms with Crippen LogP contribution in [0.4, 0.5) is 4.39 Å². The Morgan fingerprint density at radius 1 is 1.11 bits per heavy atom. The molecule has 0 amide bonds. The molecule has 1 fully saturated rings. The van der Waals surface area contributed by atoms with Crippen molar-refractivity contribution in [2.75, 3.05) is 19.7 Å². The summed E-state index contributed by atoms with van der Waals surface area (Å²) in [6.45, 7) is 2.81. The van der Waals surface area contributed by atoms with Crippen LogP contribution >= 0.6 is 0 Å². The van der Waals surface area contributed by atoms with Gasteiger partial charge in [-0.25, -0.2) is 9.37 Å². The molecule has 0 unspecified atom stereocenters. The Kier molecular flexibility index (Phi) is 5.16. The Morgan fingerprint density at radius 2 is 1.85 bits per heavy atom. The highest BCUT2D eigenvalue weighted by atomic mass is 19.1. The molecule has 1 aliphatic heterocycles. The van der Waals surface area contributed by atoms with Gasteiger partial charge in [-0.15, -0.1) is 0 Å². The van der Waals surface area contributed by atoms with Crippen molar-refractivity contribution in [3.05, 3.63) is 70.4 Å². The first-order valence-electron chi connectivity index (χ1n) is 9.26. The topological polar surface area (TPSA) is 58.2 Å². The van der Waals surface area contributed by atoms with E-state index in [-0.39, 0.29) is 11.4 Å². The van der Waals surface area contributed by atoms with Gasteiger partial charge in [-0.1, -0.05) is 24.3 Å². The van der Waals surface area contributed by atoms with Crippen molar-refractivity contribution < 1.29 is 9.13 Å². The van der Waals surface area contributed by atoms with Crippen LogP contribution in [0.3, 0.4) is 0 Å². The van der Waals surface area contributed by atoms with Gasteiger partial charge >= 0.3 is 0 Å². The lowest BCUT2D eigenvalue weighted by atomic mass is 9.97. The number of piperidine rings is 1. The molecule has 140 valence electrons. The van der Waals surface area contributed by atoms with Crippen molar-refractivity contribution in [1.82, 2.24) is 14.9 Å². The number of fused-ring (bicyclic) bond motifs is 1. The maximum atomic E-state index is 13.6. The zero-order chi connectivity index (χ0) is 18.6. The third-order valence-corrected chi connectivity index (χ3v) is 5.06. The van der Waals surface area contributed by atoms with Gasteiger partial charge in [0.25, 0.3) is 5.56 Å². The molecule has 0 spiro atoms. The number of para-hydroxylation sites is 3. The number of nitrogens with zero attached hydrogens (tertiary/aromatic N) is 2. The molecular weight excluding hydrogens is 345 g/mol. The third-order valence-electron chi connectivity index (χ3n) is 5.06. The molecule has 6 heteroatoms. The first kappa shape index (κ1) is 17.7. The molecule has 1 aliphatic rings. The molecule has 27 heavy (non-hydrogen) atoms. The van der Waals surface area contributed by atoms with Gasteiger partial charge in [-0.05, 0) is 56.1 Å². The fourth-order valence-corrected chi connectivity index (χ4v) is 3.47. The van der Waals surface area contributed by atoms with Gasteiger partial charge < -0.3 is 9.72 Å². The molecule has 0 saturated carbocycles. The minimum Gasteiger partial charge on any atom is -0.490 e. The molecule has 1 saturated heterocycles. The Bertz CT molecular complexity index is 980. The SMILES string of the molecule is O=c1[nH]c2ccccc2nc1CN1CCC(COc2ccccc2F)CC1. The van der Waals surface area contributed by atoms with Gasteiger partial charge in [0.2, 0.25) is 0 Å². The summed E-state index contributed by atoms with van der Waals surface area (Å²) in [6.07, 6.45) is 1.92. The van der Waals surface area contributed by atoms with Crippen molar-refractivity contribution >= 4 is 11.0 Å². The van der Waals surface area contributed by atoms with Crippen LogP contribution in [-0.2, 0) is 6.54 Å². The van der Waals surface area contributed by atoms with E-state index >= 15 is 0 Å². The van der Waals surface area contributed by atoms with Crippen molar-refractivity contribution in [1.29, 1.82) is 0 Å². The highest BCUT2D eigenvalue weighted by Gasteiger charge is 2.21. The number of likely N-dealkylation sites (tertiary alicyclic amines) is 1. The number of aromatic amines is 1. The van der Waals surface area contributed by atoms with Crippen LogP contribution in [0.1, 0.15) is 18.5 Å². The number of hydrogen-bond acceptors (Lipinski definition) is 4. The number of benzene rings is 2. The summed E-state index contributed by atoms with van der Waals surface area (Å²) >= 11 is 0. The van der Waals surface area contributed by atoms with Gasteiger partial charge in [0.1, 0.15) is 5.69 Å². The standard InChI is InChI=1S/C21H22FN3O2/c22-16-5-1-4-8-20(16)27-14-15-9-11-25(12-10-15)13-19-21(26)24-18-7-3-2-6-17(18)23-19/h1-8,15H,9-14H2,(H,24,26). The zero-order valence-electron chi connectivity index (χ0n) is 15.0. The Hall–Kier alpha value is -2.73. The third kappa shape index (κ3) is 4.17. The molecule has 0 atom stereocenters. The van der Waals surface area contributed by atoms with E-state index in [1.54, 1.807) is 18.2 Å². The number of aromatic nitrogens is 2. The Morgan fingerprint density at radius 3 is 2.67 bits per heavy atom. The summed E-state index contributed by atoms with van der Waals surface area (Å²) in [5.41, 5.74) is 1.99. The maximum Gasteiger partial charge on any atom is 0.271 e. The van der Waals surface area contributed by atoms with Gasteiger partial charge in [0.15, 0.2) is 11.6 Å². The molecule has 5 nitrogen and oxygen atoms in total. The van der Waals surface area contributed by atoms with Gasteiger partial charge in [0, 0.05) is 6.54 Å². The second-order valence-electron chi connectivity index (χ2n) is 6.99. The minimum absolute atomic E-state index is 0.126. The summed E-state index contributed by atoms with van der Waals surface area (Å²) in [7, 11) is 0. The number of nitrogens with one attached hydrogen (secondary N) is 1. The molecule has 2 heterocycles. The lowest BCUT2D eigenvalue weighted by Crippen LogP contribution is -2.36. The summed E-state index contributed by atoms with van der Waals surface area (Å²) in [5, 5.41) is 0. The molecule has 0 bridgehead atoms. The van der Waals surface area contributed by atoms with Crippen LogP contribution in [0.5, 0.6) is 5.75 Å². The predicted octanol–water partition coefficient (Wildman–Crippen LogP) is 3.35. The van der Waals surface area contributed by atoms with Gasteiger partial charge in [-0.3, -0.25) is 9.69 Å². The molecule has 3 aromatic rings. The number of rotatable bonds is 5. The second-order valence-corrected chi connectivity index (χ2v) is 6.99. The van der Waals surface area contributed by atoms with E-state index in [0.717, 1.165) is 37.0 Å². The number of halogens is 1. The van der Waals surface area contributed by atoms with Gasteiger partial charge in [-0.2, -0.15) is 0 Å². The first-order chi connectivity index (χ1) is 13.2. The van der Waals surface area contributed by atoms with E-state index in [1.165, 1.54) is 6.07 Å². The number of H-pyrrole nitrogens is 1. The molecular formula is C21H22FN3O2. The van der Waals surface area contributed by atoms with E-state index in [2.05, 4.69) is 14.9 Å². The normalized spacial score (nSPS) is 15.9. The number of ether oxygens (including phenoxy) is 1. The fraction of sp³-hybridized carbons (Fsp3) is 0.333. The molecule has 2 aromatic carbocycles. The zero-order valence-corrected chi connectivity index (χ0v) is 15.0. The first-order valence-corrected chi connectivity index (χ1v) is 9.26. The monoisotopic (exact) mass is 367 g/mol. The predicted molar refractivity (Wildman–Crippen MR) is 102 cm³/mol. The molecule has 1 N–H and O–H groups in total. The minimum atomic E-state index is -0.323.